The molecule has 0 unspecified atom stereocenters. The van der Waals surface area contributed by atoms with Crippen molar-refractivity contribution >= 4 is 18.3 Å². The van der Waals surface area contributed by atoms with Gasteiger partial charge in [-0.25, -0.2) is 0 Å². The Hall–Kier alpha value is -1.60. The van der Waals surface area contributed by atoms with Crippen LogP contribution in [0.3, 0.4) is 0 Å². The molecule has 1 heterocycles. The van der Waals surface area contributed by atoms with Crippen LogP contribution in [-0.4, -0.2) is 39.3 Å². The number of alkyl halides is 2. The molecule has 0 spiro atoms. The van der Waals surface area contributed by atoms with Gasteiger partial charge in [-0.2, -0.15) is 8.78 Å². The van der Waals surface area contributed by atoms with Crippen LogP contribution < -0.4 is 20.1 Å². The fourth-order valence-electron chi connectivity index (χ4n) is 2.61. The lowest BCUT2D eigenvalue weighted by molar-refractivity contribution is -0.0512. The summed E-state index contributed by atoms with van der Waals surface area (Å²) in [5, 5.41) is 6.20. The van der Waals surface area contributed by atoms with E-state index in [1.165, 1.54) is 25.3 Å². The molecule has 24 heavy (non-hydrogen) atoms. The summed E-state index contributed by atoms with van der Waals surface area (Å²) in [5.41, 5.74) is 0.421. The van der Waals surface area contributed by atoms with Crippen LogP contribution in [0, 0.1) is 5.41 Å². The average Bonchev–Trinajstić information content (AvgIpc) is 2.53. The van der Waals surface area contributed by atoms with Gasteiger partial charge >= 0.3 is 6.61 Å². The summed E-state index contributed by atoms with van der Waals surface area (Å²) in [7, 11) is 1.34. The number of hydrogen-bond acceptors (Lipinski definition) is 4. The highest BCUT2D eigenvalue weighted by Crippen LogP contribution is 2.30. The van der Waals surface area contributed by atoms with Crippen LogP contribution in [0.25, 0.3) is 0 Å². The molecule has 2 N–H and O–H groups in total. The zero-order valence-corrected chi connectivity index (χ0v) is 14.6. The van der Waals surface area contributed by atoms with E-state index in [0.717, 1.165) is 25.9 Å². The Morgan fingerprint density at radius 3 is 2.58 bits per heavy atom. The van der Waals surface area contributed by atoms with Crippen LogP contribution in [0.2, 0.25) is 0 Å². The van der Waals surface area contributed by atoms with Gasteiger partial charge < -0.3 is 20.1 Å². The summed E-state index contributed by atoms with van der Waals surface area (Å²) in [6.45, 7) is 1.67. The van der Waals surface area contributed by atoms with Crippen LogP contribution in [0.15, 0.2) is 18.2 Å². The van der Waals surface area contributed by atoms with E-state index >= 15 is 0 Å². The first kappa shape index (κ1) is 20.4. The summed E-state index contributed by atoms with van der Waals surface area (Å²) in [5.74, 6) is -0.248. The lowest BCUT2D eigenvalue weighted by atomic mass is 9.81. The topological polar surface area (TPSA) is 59.6 Å². The first-order valence-corrected chi connectivity index (χ1v) is 7.55. The number of carbonyl (C=O) groups excluding carboxylic acids is 1. The minimum atomic E-state index is -2.94. The van der Waals surface area contributed by atoms with E-state index in [0.29, 0.717) is 12.1 Å². The van der Waals surface area contributed by atoms with Gasteiger partial charge in [0, 0.05) is 12.1 Å². The molecule has 1 saturated heterocycles. The van der Waals surface area contributed by atoms with Crippen molar-refractivity contribution in [2.24, 2.45) is 5.41 Å². The zero-order chi connectivity index (χ0) is 16.9. The van der Waals surface area contributed by atoms with E-state index in [1.807, 2.05) is 0 Å². The Kier molecular flexibility index (Phi) is 7.69. The summed E-state index contributed by atoms with van der Waals surface area (Å²) in [6.07, 6.45) is 2.00. The molecule has 0 atom stereocenters. The third-order valence-electron chi connectivity index (χ3n) is 4.13. The van der Waals surface area contributed by atoms with Gasteiger partial charge in [0.1, 0.15) is 0 Å². The van der Waals surface area contributed by atoms with Gasteiger partial charge in [-0.15, -0.1) is 12.4 Å². The van der Waals surface area contributed by atoms with E-state index in [-0.39, 0.29) is 35.2 Å². The van der Waals surface area contributed by atoms with Gasteiger partial charge in [0.15, 0.2) is 11.5 Å². The van der Waals surface area contributed by atoms with Gasteiger partial charge in [0.2, 0.25) is 0 Å². The maximum Gasteiger partial charge on any atom is 0.387 e. The lowest BCUT2D eigenvalue weighted by Gasteiger charge is -2.34. The second-order valence-corrected chi connectivity index (χ2v) is 5.99. The van der Waals surface area contributed by atoms with Gasteiger partial charge in [0.05, 0.1) is 7.11 Å². The molecule has 0 bridgehead atoms. The minimum absolute atomic E-state index is 0. The van der Waals surface area contributed by atoms with E-state index in [2.05, 4.69) is 22.3 Å². The predicted octanol–water partition coefficient (Wildman–Crippen LogP) is 2.84. The molecule has 1 aliphatic rings. The second kappa shape index (κ2) is 9.03. The lowest BCUT2D eigenvalue weighted by Crippen LogP contribution is -2.42. The highest BCUT2D eigenvalue weighted by Gasteiger charge is 2.27. The van der Waals surface area contributed by atoms with Crippen LogP contribution in [0.1, 0.15) is 30.1 Å². The minimum Gasteiger partial charge on any atom is -0.493 e. The van der Waals surface area contributed by atoms with Crippen molar-refractivity contribution in [3.63, 3.8) is 0 Å². The Morgan fingerprint density at radius 2 is 2.00 bits per heavy atom. The quantitative estimate of drug-likeness (QED) is 0.815. The molecule has 1 amide bonds. The molecule has 0 aliphatic carbocycles. The van der Waals surface area contributed by atoms with Crippen LogP contribution in [0.5, 0.6) is 11.5 Å². The molecule has 8 heteroatoms. The Bertz CT molecular complexity index is 552. The molecule has 1 aromatic rings. The van der Waals surface area contributed by atoms with Gasteiger partial charge in [-0.3, -0.25) is 4.79 Å². The monoisotopic (exact) mass is 364 g/mol. The van der Waals surface area contributed by atoms with E-state index in [9.17, 15) is 13.6 Å². The van der Waals surface area contributed by atoms with E-state index < -0.39 is 6.61 Å². The molecular weight excluding hydrogens is 342 g/mol. The van der Waals surface area contributed by atoms with Crippen LogP contribution in [-0.2, 0) is 0 Å². The fourth-order valence-corrected chi connectivity index (χ4v) is 2.61. The number of nitrogens with one attached hydrogen (secondary N) is 2. The molecule has 0 aromatic heterocycles. The largest absolute Gasteiger partial charge is 0.493 e. The second-order valence-electron chi connectivity index (χ2n) is 5.99. The molecule has 136 valence electrons. The van der Waals surface area contributed by atoms with Gasteiger partial charge in [0.25, 0.3) is 5.91 Å². The molecule has 0 radical (unpaired) electrons. The van der Waals surface area contributed by atoms with Crippen molar-refractivity contribution < 1.29 is 23.0 Å². The highest BCUT2D eigenvalue weighted by atomic mass is 35.5. The number of rotatable bonds is 6. The number of hydrogen-bond donors (Lipinski definition) is 2. The molecule has 1 aliphatic heterocycles. The SMILES string of the molecule is COc1cc(C(=O)NCC2(C)CCNCC2)ccc1OC(F)F.Cl. The molecule has 1 aromatic carbocycles. The van der Waals surface area contributed by atoms with Crippen molar-refractivity contribution in [1.82, 2.24) is 10.6 Å². The standard InChI is InChI=1S/C16H22F2N2O3.ClH/c1-16(5-7-19-8-6-16)10-20-14(21)11-3-4-12(23-15(17)18)13(9-11)22-2;/h3-4,9,15,19H,5-8,10H2,1-2H3,(H,20,21);1H. The smallest absolute Gasteiger partial charge is 0.387 e. The number of methoxy groups -OCH3 is 1. The Labute approximate surface area is 146 Å². The third-order valence-corrected chi connectivity index (χ3v) is 4.13. The van der Waals surface area contributed by atoms with Crippen molar-refractivity contribution in [2.75, 3.05) is 26.7 Å². The van der Waals surface area contributed by atoms with Crippen LogP contribution in [0.4, 0.5) is 8.78 Å². The van der Waals surface area contributed by atoms with Crippen molar-refractivity contribution in [2.45, 2.75) is 26.4 Å². The fraction of sp³-hybridized carbons (Fsp3) is 0.562. The third kappa shape index (κ3) is 5.49. The zero-order valence-electron chi connectivity index (χ0n) is 13.7. The normalized spacial score (nSPS) is 16.2. The number of halogens is 3. The summed E-state index contributed by atoms with van der Waals surface area (Å²) >= 11 is 0. The number of ether oxygens (including phenoxy) is 2. The van der Waals surface area contributed by atoms with Crippen molar-refractivity contribution in [1.29, 1.82) is 0 Å². The summed E-state index contributed by atoms with van der Waals surface area (Å²) in [4.78, 5) is 12.3. The molecule has 5 nitrogen and oxygen atoms in total. The first-order valence-electron chi connectivity index (χ1n) is 7.55. The molecule has 2 rings (SSSR count). The van der Waals surface area contributed by atoms with E-state index in [1.54, 1.807) is 0 Å². The average molecular weight is 365 g/mol. The Balaban J connectivity index is 0.00000288. The number of benzene rings is 1. The van der Waals surface area contributed by atoms with E-state index in [4.69, 9.17) is 4.74 Å². The first-order chi connectivity index (χ1) is 10.9. The maximum absolute atomic E-state index is 12.3. The van der Waals surface area contributed by atoms with Crippen molar-refractivity contribution in [3.05, 3.63) is 23.8 Å². The van der Waals surface area contributed by atoms with Gasteiger partial charge in [-0.1, -0.05) is 6.92 Å². The van der Waals surface area contributed by atoms with Crippen LogP contribution >= 0.6 is 12.4 Å². The van der Waals surface area contributed by atoms with Gasteiger partial charge in [-0.05, 0) is 49.5 Å². The molecule has 0 saturated carbocycles. The Morgan fingerprint density at radius 1 is 1.33 bits per heavy atom. The molecular formula is C16H23ClF2N2O3. The number of amides is 1. The summed E-state index contributed by atoms with van der Waals surface area (Å²) < 4.78 is 34.0. The molecule has 1 fully saturated rings. The highest BCUT2D eigenvalue weighted by molar-refractivity contribution is 5.94. The number of piperidine rings is 1. The van der Waals surface area contributed by atoms with Crippen molar-refractivity contribution in [3.8, 4) is 11.5 Å². The summed E-state index contributed by atoms with van der Waals surface area (Å²) in [6, 6.07) is 4.16. The predicted molar refractivity (Wildman–Crippen MR) is 89.4 cm³/mol. The number of carbonyl (C=O) groups is 1. The maximum atomic E-state index is 12.3.